The Morgan fingerprint density at radius 3 is 2.88 bits per heavy atom. The summed E-state index contributed by atoms with van der Waals surface area (Å²) in [5.41, 5.74) is 6.80. The Labute approximate surface area is 91.3 Å². The van der Waals surface area contributed by atoms with Crippen LogP contribution in [0.25, 0.3) is 5.82 Å². The molecule has 0 unspecified atom stereocenters. The van der Waals surface area contributed by atoms with Crippen LogP contribution in [0.15, 0.2) is 24.7 Å². The van der Waals surface area contributed by atoms with Crippen LogP contribution in [0.2, 0.25) is 0 Å². The molecular weight excluding hydrogens is 208 g/mol. The van der Waals surface area contributed by atoms with Crippen molar-refractivity contribution < 1.29 is 9.90 Å². The molecule has 3 N–H and O–H groups in total. The summed E-state index contributed by atoms with van der Waals surface area (Å²) in [7, 11) is 0. The summed E-state index contributed by atoms with van der Waals surface area (Å²) in [4.78, 5) is 14.9. The topological polar surface area (TPSA) is 94.0 Å². The van der Waals surface area contributed by atoms with E-state index in [0.29, 0.717) is 5.82 Å². The summed E-state index contributed by atoms with van der Waals surface area (Å²) in [5, 5.41) is 12.9. The maximum Gasteiger partial charge on any atom is 0.337 e. The van der Waals surface area contributed by atoms with Crippen molar-refractivity contribution in [1.29, 1.82) is 0 Å². The molecule has 6 heteroatoms. The molecule has 6 nitrogen and oxygen atoms in total. The highest BCUT2D eigenvalue weighted by Gasteiger charge is 2.13. The number of anilines is 1. The van der Waals surface area contributed by atoms with E-state index in [1.54, 1.807) is 12.4 Å². The van der Waals surface area contributed by atoms with Gasteiger partial charge in [0.25, 0.3) is 0 Å². The molecule has 0 saturated heterocycles. The van der Waals surface area contributed by atoms with E-state index in [-0.39, 0.29) is 11.3 Å². The number of carboxylic acid groups (broad SMARTS) is 1. The summed E-state index contributed by atoms with van der Waals surface area (Å²) >= 11 is 0. The van der Waals surface area contributed by atoms with Crippen LogP contribution in [0.3, 0.4) is 0 Å². The third kappa shape index (κ3) is 1.60. The van der Waals surface area contributed by atoms with E-state index in [0.717, 1.165) is 5.56 Å². The maximum absolute atomic E-state index is 10.9. The molecule has 2 heterocycles. The lowest BCUT2D eigenvalue weighted by Crippen LogP contribution is -2.09. The largest absolute Gasteiger partial charge is 0.478 e. The zero-order valence-corrected chi connectivity index (χ0v) is 8.58. The Morgan fingerprint density at radius 2 is 2.31 bits per heavy atom. The predicted molar refractivity (Wildman–Crippen MR) is 57.5 cm³/mol. The number of pyridine rings is 1. The van der Waals surface area contributed by atoms with E-state index in [2.05, 4.69) is 10.1 Å². The van der Waals surface area contributed by atoms with Gasteiger partial charge in [0, 0.05) is 12.4 Å². The molecule has 0 fully saturated rings. The maximum atomic E-state index is 10.9. The van der Waals surface area contributed by atoms with Crippen LogP contribution < -0.4 is 5.73 Å². The summed E-state index contributed by atoms with van der Waals surface area (Å²) < 4.78 is 1.46. The van der Waals surface area contributed by atoms with Crippen LogP contribution in [0, 0.1) is 6.92 Å². The zero-order chi connectivity index (χ0) is 11.7. The summed E-state index contributed by atoms with van der Waals surface area (Å²) in [5.74, 6) is -0.752. The van der Waals surface area contributed by atoms with Crippen LogP contribution in [-0.4, -0.2) is 25.8 Å². The number of aryl methyl sites for hydroxylation is 1. The fourth-order valence-corrected chi connectivity index (χ4v) is 1.36. The van der Waals surface area contributed by atoms with E-state index in [1.165, 1.54) is 16.9 Å². The number of nitrogen functional groups attached to an aromatic ring is 1. The van der Waals surface area contributed by atoms with Gasteiger partial charge in [0.1, 0.15) is 0 Å². The predicted octanol–water partition coefficient (Wildman–Crippen LogP) is 0.856. The van der Waals surface area contributed by atoms with E-state index >= 15 is 0 Å². The quantitative estimate of drug-likeness (QED) is 0.779. The first-order valence-electron chi connectivity index (χ1n) is 4.59. The average Bonchev–Trinajstić information content (AvgIpc) is 2.64. The highest BCUT2D eigenvalue weighted by molar-refractivity contribution is 5.95. The van der Waals surface area contributed by atoms with Crippen molar-refractivity contribution >= 4 is 11.7 Å². The Morgan fingerprint density at radius 1 is 1.56 bits per heavy atom. The monoisotopic (exact) mass is 218 g/mol. The number of aromatic nitrogens is 3. The summed E-state index contributed by atoms with van der Waals surface area (Å²) in [6.45, 7) is 1.88. The molecule has 0 amide bonds. The molecule has 0 bridgehead atoms. The van der Waals surface area contributed by atoms with Gasteiger partial charge in [-0.1, -0.05) is 0 Å². The van der Waals surface area contributed by atoms with Crippen molar-refractivity contribution in [1.82, 2.24) is 14.8 Å². The minimum absolute atomic E-state index is 0.0261. The molecule has 0 spiro atoms. The molecule has 0 radical (unpaired) electrons. The zero-order valence-electron chi connectivity index (χ0n) is 8.58. The average molecular weight is 218 g/mol. The first kappa shape index (κ1) is 10.2. The van der Waals surface area contributed by atoms with Gasteiger partial charge in [0.15, 0.2) is 5.82 Å². The normalized spacial score (nSPS) is 10.3. The van der Waals surface area contributed by atoms with Crippen molar-refractivity contribution in [3.8, 4) is 5.82 Å². The van der Waals surface area contributed by atoms with Crippen LogP contribution in [0.5, 0.6) is 0 Å². The second kappa shape index (κ2) is 3.65. The standard InChI is InChI=1S/C10H10N4O2/c1-6-4-13-14(5-6)9-8(11)7(10(15)16)2-3-12-9/h2-5H,11H2,1H3,(H,15,16). The van der Waals surface area contributed by atoms with Gasteiger partial charge in [0.05, 0.1) is 17.4 Å². The SMILES string of the molecule is Cc1cnn(-c2nccc(C(=O)O)c2N)c1. The van der Waals surface area contributed by atoms with Crippen molar-refractivity contribution in [2.75, 3.05) is 5.73 Å². The lowest BCUT2D eigenvalue weighted by Gasteiger charge is -2.06. The molecule has 82 valence electrons. The van der Waals surface area contributed by atoms with E-state index in [4.69, 9.17) is 10.8 Å². The number of nitrogens with zero attached hydrogens (tertiary/aromatic N) is 3. The summed E-state index contributed by atoms with van der Waals surface area (Å²) in [6.07, 6.45) is 4.77. The lowest BCUT2D eigenvalue weighted by atomic mass is 10.2. The van der Waals surface area contributed by atoms with Crippen LogP contribution in [-0.2, 0) is 0 Å². The van der Waals surface area contributed by atoms with Gasteiger partial charge in [0.2, 0.25) is 0 Å². The molecule has 0 aliphatic heterocycles. The van der Waals surface area contributed by atoms with E-state index in [1.807, 2.05) is 6.92 Å². The van der Waals surface area contributed by atoms with Crippen LogP contribution in [0.1, 0.15) is 15.9 Å². The molecule has 0 saturated carbocycles. The molecule has 2 aromatic rings. The van der Waals surface area contributed by atoms with Crippen LogP contribution in [0.4, 0.5) is 5.69 Å². The molecule has 2 rings (SSSR count). The molecule has 2 aromatic heterocycles. The van der Waals surface area contributed by atoms with Crippen molar-refractivity contribution in [2.24, 2.45) is 0 Å². The Bertz CT molecular complexity index is 548. The third-order valence-corrected chi connectivity index (χ3v) is 2.13. The smallest absolute Gasteiger partial charge is 0.337 e. The molecule has 0 atom stereocenters. The fraction of sp³-hybridized carbons (Fsp3) is 0.100. The highest BCUT2D eigenvalue weighted by atomic mass is 16.4. The van der Waals surface area contributed by atoms with E-state index < -0.39 is 5.97 Å². The Hall–Kier alpha value is -2.37. The first-order chi connectivity index (χ1) is 7.59. The lowest BCUT2D eigenvalue weighted by molar-refractivity contribution is 0.0698. The Balaban J connectivity index is 2.58. The third-order valence-electron chi connectivity index (χ3n) is 2.13. The number of carboxylic acids is 1. The summed E-state index contributed by atoms with van der Waals surface area (Å²) in [6, 6.07) is 1.36. The number of aromatic carboxylic acids is 1. The van der Waals surface area contributed by atoms with Gasteiger partial charge < -0.3 is 10.8 Å². The van der Waals surface area contributed by atoms with E-state index in [9.17, 15) is 4.79 Å². The molecule has 16 heavy (non-hydrogen) atoms. The van der Waals surface area contributed by atoms with Gasteiger partial charge in [-0.15, -0.1) is 0 Å². The van der Waals surface area contributed by atoms with Gasteiger partial charge in [-0.05, 0) is 18.6 Å². The number of rotatable bonds is 2. The minimum Gasteiger partial charge on any atom is -0.478 e. The van der Waals surface area contributed by atoms with Gasteiger partial charge in [-0.25, -0.2) is 14.5 Å². The molecule has 0 aliphatic rings. The fourth-order valence-electron chi connectivity index (χ4n) is 1.36. The molecule has 0 aromatic carbocycles. The van der Waals surface area contributed by atoms with Gasteiger partial charge >= 0.3 is 5.97 Å². The first-order valence-corrected chi connectivity index (χ1v) is 4.59. The molecular formula is C10H10N4O2. The van der Waals surface area contributed by atoms with Gasteiger partial charge in [-0.2, -0.15) is 5.10 Å². The second-order valence-corrected chi connectivity index (χ2v) is 3.36. The van der Waals surface area contributed by atoms with Crippen molar-refractivity contribution in [3.05, 3.63) is 35.8 Å². The molecule has 0 aliphatic carbocycles. The van der Waals surface area contributed by atoms with Crippen molar-refractivity contribution in [2.45, 2.75) is 6.92 Å². The minimum atomic E-state index is -1.08. The number of nitrogens with two attached hydrogens (primary N) is 1. The highest BCUT2D eigenvalue weighted by Crippen LogP contribution is 2.18. The van der Waals surface area contributed by atoms with Gasteiger partial charge in [-0.3, -0.25) is 0 Å². The van der Waals surface area contributed by atoms with Crippen LogP contribution >= 0.6 is 0 Å². The number of hydrogen-bond donors (Lipinski definition) is 2. The Kier molecular flexibility index (Phi) is 2.32. The number of hydrogen-bond acceptors (Lipinski definition) is 4. The number of carbonyl (C=O) groups is 1. The van der Waals surface area contributed by atoms with Crippen molar-refractivity contribution in [3.63, 3.8) is 0 Å². The second-order valence-electron chi connectivity index (χ2n) is 3.36.